The molecule has 0 atom stereocenters. The maximum absolute atomic E-state index is 6.44. The normalized spacial score (nSPS) is 10.9. The fourth-order valence-corrected chi connectivity index (χ4v) is 6.08. The monoisotopic (exact) mass is 335 g/mol. The van der Waals surface area contributed by atoms with Crippen LogP contribution < -0.4 is 15.9 Å². The zero-order valence-corrected chi connectivity index (χ0v) is 14.5. The predicted octanol–water partition coefficient (Wildman–Crippen LogP) is 4.03. The van der Waals surface area contributed by atoms with E-state index in [0.29, 0.717) is 5.95 Å². The second kappa shape index (κ2) is 7.33. The van der Waals surface area contributed by atoms with Gasteiger partial charge < -0.3 is 4.74 Å². The highest BCUT2D eigenvalue weighted by Crippen LogP contribution is 2.57. The van der Waals surface area contributed by atoms with Crippen molar-refractivity contribution >= 4 is 23.4 Å². The Hall–Kier alpha value is -2.57. The third-order valence-corrected chi connectivity index (χ3v) is 7.38. The van der Waals surface area contributed by atoms with Crippen LogP contribution in [0, 0.1) is 0 Å². The molecule has 0 saturated heterocycles. The van der Waals surface area contributed by atoms with Crippen molar-refractivity contribution in [3.63, 3.8) is 0 Å². The van der Waals surface area contributed by atoms with E-state index in [1.54, 1.807) is 7.11 Å². The molecule has 3 rings (SSSR count). The topological polar surface area (TPSA) is 18.5 Å². The molecule has 0 aliphatic carbocycles. The molecule has 24 heavy (non-hydrogen) atoms. The van der Waals surface area contributed by atoms with Crippen LogP contribution in [0.3, 0.4) is 0 Å². The Labute approximate surface area is 143 Å². The van der Waals surface area contributed by atoms with E-state index in [4.69, 9.17) is 9.26 Å². The summed E-state index contributed by atoms with van der Waals surface area (Å²) in [6, 6.07) is 30.9. The van der Waals surface area contributed by atoms with Crippen LogP contribution in [-0.2, 0) is 9.26 Å². The molecule has 2 nitrogen and oxygen atoms in total. The molecule has 0 aromatic heterocycles. The van der Waals surface area contributed by atoms with Gasteiger partial charge in [0, 0.05) is 0 Å². The summed E-state index contributed by atoms with van der Waals surface area (Å²) in [5.74, 6) is 0.319. The molecule has 0 heterocycles. The highest BCUT2D eigenvalue weighted by molar-refractivity contribution is 7.91. The Morgan fingerprint density at radius 1 is 0.667 bits per heavy atom. The molecular weight excluding hydrogens is 315 g/mol. The van der Waals surface area contributed by atoms with Crippen LogP contribution in [0.2, 0.25) is 0 Å². The van der Waals surface area contributed by atoms with Crippen LogP contribution >= 0.6 is 7.49 Å². The van der Waals surface area contributed by atoms with E-state index in [1.807, 2.05) is 54.6 Å². The lowest BCUT2D eigenvalue weighted by Crippen LogP contribution is -2.32. The maximum atomic E-state index is 6.44. The van der Waals surface area contributed by atoms with Crippen LogP contribution in [0.4, 0.5) is 0 Å². The molecule has 120 valence electrons. The molecule has 0 radical (unpaired) electrons. The minimum absolute atomic E-state index is 0.319. The predicted molar refractivity (Wildman–Crippen MR) is 102 cm³/mol. The zero-order chi connectivity index (χ0) is 16.8. The van der Waals surface area contributed by atoms with Crippen molar-refractivity contribution in [3.8, 4) is 0 Å². The summed E-state index contributed by atoms with van der Waals surface area (Å²) in [4.78, 5) is 0. The van der Waals surface area contributed by atoms with Crippen LogP contribution in [0.15, 0.2) is 104 Å². The van der Waals surface area contributed by atoms with Gasteiger partial charge in [-0.25, -0.2) is 0 Å². The van der Waals surface area contributed by atoms with Gasteiger partial charge >= 0.3 is 5.95 Å². The molecule has 0 aliphatic rings. The molecule has 3 aromatic rings. The molecular formula is C21H20O2P+. The summed E-state index contributed by atoms with van der Waals surface area (Å²) in [5, 5.41) is 3.38. The smallest absolute Gasteiger partial charge is 0.319 e. The van der Waals surface area contributed by atoms with Crippen LogP contribution in [0.1, 0.15) is 0 Å². The molecule has 0 unspecified atom stereocenters. The van der Waals surface area contributed by atoms with Gasteiger partial charge in [-0.05, 0) is 43.0 Å². The second-order valence-corrected chi connectivity index (χ2v) is 8.23. The Morgan fingerprint density at radius 3 is 1.29 bits per heavy atom. The number of rotatable bonds is 6. The highest BCUT2D eigenvalue weighted by atomic mass is 31.2. The van der Waals surface area contributed by atoms with Gasteiger partial charge in [-0.3, -0.25) is 4.52 Å². The van der Waals surface area contributed by atoms with E-state index in [0.717, 1.165) is 15.9 Å². The van der Waals surface area contributed by atoms with Crippen LogP contribution in [0.5, 0.6) is 0 Å². The number of benzene rings is 3. The number of hydrogen-bond acceptors (Lipinski definition) is 2. The van der Waals surface area contributed by atoms with Crippen molar-refractivity contribution in [1.29, 1.82) is 0 Å². The van der Waals surface area contributed by atoms with E-state index in [1.165, 1.54) is 0 Å². The summed E-state index contributed by atoms with van der Waals surface area (Å²) in [6.07, 6.45) is 0. The van der Waals surface area contributed by atoms with E-state index >= 15 is 0 Å². The third-order valence-electron chi connectivity index (χ3n) is 3.83. The van der Waals surface area contributed by atoms with Crippen LogP contribution in [0.25, 0.3) is 0 Å². The highest BCUT2D eigenvalue weighted by Gasteiger charge is 2.50. The van der Waals surface area contributed by atoms with Gasteiger partial charge in [-0.15, -0.1) is 0 Å². The molecule has 0 fully saturated rings. The Bertz CT molecular complexity index is 689. The Balaban J connectivity index is 2.30. The van der Waals surface area contributed by atoms with E-state index in [9.17, 15) is 0 Å². The molecule has 0 spiro atoms. The third kappa shape index (κ3) is 3.06. The van der Waals surface area contributed by atoms with Gasteiger partial charge in [0.15, 0.2) is 0 Å². The summed E-state index contributed by atoms with van der Waals surface area (Å²) in [7, 11) is -0.769. The Morgan fingerprint density at radius 2 is 1.00 bits per heavy atom. The standard InChI is InChI=1S/C21H20O2P/c1-18(22-2)23-24(19-12-6-3-7-13-19,20-14-8-4-9-15-20)21-16-10-5-11-17-21/h3-17H,1H2,2H3/q+1. The molecule has 0 bridgehead atoms. The first-order valence-electron chi connectivity index (χ1n) is 7.76. The quantitative estimate of drug-likeness (QED) is 0.500. The fourth-order valence-electron chi connectivity index (χ4n) is 2.71. The van der Waals surface area contributed by atoms with E-state index < -0.39 is 7.49 Å². The van der Waals surface area contributed by atoms with Crippen LogP contribution in [-0.4, -0.2) is 7.11 Å². The van der Waals surface area contributed by atoms with E-state index in [2.05, 4.69) is 43.0 Å². The SMILES string of the molecule is C=C(OC)O[P+](c1ccccc1)(c1ccccc1)c1ccccc1. The number of methoxy groups -OCH3 is 1. The Kier molecular flexibility index (Phi) is 4.98. The van der Waals surface area contributed by atoms with Crippen molar-refractivity contribution in [2.45, 2.75) is 0 Å². The second-order valence-electron chi connectivity index (χ2n) is 5.28. The van der Waals surface area contributed by atoms with Gasteiger partial charge in [0.1, 0.15) is 15.9 Å². The summed E-state index contributed by atoms with van der Waals surface area (Å²) < 4.78 is 11.7. The molecule has 0 N–H and O–H groups in total. The molecule has 0 saturated carbocycles. The maximum Gasteiger partial charge on any atom is 0.319 e. The van der Waals surface area contributed by atoms with Crippen molar-refractivity contribution in [3.05, 3.63) is 104 Å². The average Bonchev–Trinajstić information content (AvgIpc) is 2.68. The number of ether oxygens (including phenoxy) is 1. The van der Waals surface area contributed by atoms with Gasteiger partial charge in [0.25, 0.3) is 7.49 Å². The summed E-state index contributed by atoms with van der Waals surface area (Å²) >= 11 is 0. The summed E-state index contributed by atoms with van der Waals surface area (Å²) in [6.45, 7) is 3.92. The number of hydrogen-bond donors (Lipinski definition) is 0. The molecule has 3 aromatic carbocycles. The van der Waals surface area contributed by atoms with Gasteiger partial charge in [-0.2, -0.15) is 0 Å². The first-order valence-corrected chi connectivity index (χ1v) is 9.46. The van der Waals surface area contributed by atoms with Crippen molar-refractivity contribution in [2.75, 3.05) is 7.11 Å². The van der Waals surface area contributed by atoms with Gasteiger partial charge in [0.2, 0.25) is 0 Å². The van der Waals surface area contributed by atoms with Crippen molar-refractivity contribution < 1.29 is 9.26 Å². The van der Waals surface area contributed by atoms with E-state index in [-0.39, 0.29) is 0 Å². The van der Waals surface area contributed by atoms with Crippen molar-refractivity contribution in [1.82, 2.24) is 0 Å². The lowest BCUT2D eigenvalue weighted by Gasteiger charge is -2.25. The first kappa shape index (κ1) is 16.3. The fraction of sp³-hybridized carbons (Fsp3) is 0.0476. The minimum Gasteiger partial charge on any atom is -0.466 e. The van der Waals surface area contributed by atoms with Gasteiger partial charge in [-0.1, -0.05) is 54.6 Å². The largest absolute Gasteiger partial charge is 0.466 e. The molecule has 3 heteroatoms. The molecule has 0 aliphatic heterocycles. The lowest BCUT2D eigenvalue weighted by molar-refractivity contribution is 0.165. The zero-order valence-electron chi connectivity index (χ0n) is 13.6. The lowest BCUT2D eigenvalue weighted by atomic mass is 10.4. The summed E-state index contributed by atoms with van der Waals surface area (Å²) in [5.41, 5.74) is 0. The van der Waals surface area contributed by atoms with Gasteiger partial charge in [0.05, 0.1) is 7.11 Å². The molecule has 0 amide bonds. The average molecular weight is 335 g/mol. The first-order chi connectivity index (χ1) is 11.8. The minimum atomic E-state index is -2.35. The van der Waals surface area contributed by atoms with Crippen molar-refractivity contribution in [2.24, 2.45) is 0 Å².